The van der Waals surface area contributed by atoms with Gasteiger partial charge in [-0.2, -0.15) is 0 Å². The average molecular weight is 286 g/mol. The van der Waals surface area contributed by atoms with Crippen LogP contribution >= 0.6 is 11.8 Å². The first-order valence-corrected chi connectivity index (χ1v) is 7.07. The first-order valence-electron chi connectivity index (χ1n) is 6.19. The quantitative estimate of drug-likeness (QED) is 0.861. The van der Waals surface area contributed by atoms with E-state index in [-0.39, 0.29) is 11.2 Å². The number of thioether (sulfide) groups is 1. The molecule has 1 aliphatic heterocycles. The fourth-order valence-corrected chi connectivity index (χ4v) is 2.92. The highest BCUT2D eigenvalue weighted by Gasteiger charge is 2.22. The van der Waals surface area contributed by atoms with Gasteiger partial charge in [-0.05, 0) is 25.1 Å². The number of rotatable bonds is 3. The number of nitrogens with one attached hydrogen (secondary N) is 1. The van der Waals surface area contributed by atoms with E-state index in [9.17, 15) is 13.6 Å². The van der Waals surface area contributed by atoms with Crippen LogP contribution < -0.4 is 5.32 Å². The smallest absolute Gasteiger partial charge is 0.235 e. The molecule has 0 saturated carbocycles. The van der Waals surface area contributed by atoms with Gasteiger partial charge < -0.3 is 10.2 Å². The molecule has 0 spiro atoms. The van der Waals surface area contributed by atoms with Gasteiger partial charge in [-0.25, -0.2) is 8.78 Å². The highest BCUT2D eigenvalue weighted by atomic mass is 32.2. The zero-order valence-electron chi connectivity index (χ0n) is 10.7. The van der Waals surface area contributed by atoms with Crippen LogP contribution in [0.5, 0.6) is 0 Å². The number of halogens is 2. The van der Waals surface area contributed by atoms with Crippen LogP contribution in [-0.2, 0) is 4.79 Å². The molecule has 0 bridgehead atoms. The van der Waals surface area contributed by atoms with Crippen molar-refractivity contribution in [1.82, 2.24) is 10.2 Å². The second-order valence-electron chi connectivity index (χ2n) is 4.41. The van der Waals surface area contributed by atoms with Crippen LogP contribution in [-0.4, -0.2) is 42.2 Å². The van der Waals surface area contributed by atoms with Crippen molar-refractivity contribution in [3.63, 3.8) is 0 Å². The van der Waals surface area contributed by atoms with Crippen LogP contribution in [0.2, 0.25) is 0 Å². The van der Waals surface area contributed by atoms with Crippen molar-refractivity contribution in [2.24, 2.45) is 0 Å². The third-order valence-corrected chi connectivity index (χ3v) is 4.06. The Balaban J connectivity index is 1.97. The van der Waals surface area contributed by atoms with Gasteiger partial charge in [0.25, 0.3) is 0 Å². The Bertz CT molecular complexity index is 464. The Morgan fingerprint density at radius 1 is 1.32 bits per heavy atom. The first-order chi connectivity index (χ1) is 9.08. The molecule has 1 saturated heterocycles. The monoisotopic (exact) mass is 286 g/mol. The number of benzene rings is 1. The molecule has 1 fully saturated rings. The molecule has 104 valence electrons. The Morgan fingerprint density at radius 2 is 2.00 bits per heavy atom. The van der Waals surface area contributed by atoms with Crippen molar-refractivity contribution in [1.29, 1.82) is 0 Å². The van der Waals surface area contributed by atoms with Gasteiger partial charge in [0, 0.05) is 31.1 Å². The van der Waals surface area contributed by atoms with Crippen molar-refractivity contribution in [2.45, 2.75) is 17.1 Å². The van der Waals surface area contributed by atoms with Gasteiger partial charge in [0.05, 0.1) is 5.25 Å². The number of hydrogen-bond donors (Lipinski definition) is 1. The van der Waals surface area contributed by atoms with Crippen molar-refractivity contribution in [3.05, 3.63) is 29.8 Å². The average Bonchev–Trinajstić information content (AvgIpc) is 2.43. The Morgan fingerprint density at radius 3 is 2.63 bits per heavy atom. The Labute approximate surface area is 115 Å². The zero-order valence-corrected chi connectivity index (χ0v) is 11.5. The molecule has 1 aromatic rings. The number of amides is 1. The summed E-state index contributed by atoms with van der Waals surface area (Å²) in [7, 11) is 0. The lowest BCUT2D eigenvalue weighted by molar-refractivity contribution is -0.130. The summed E-state index contributed by atoms with van der Waals surface area (Å²) in [6, 6.07) is 3.70. The van der Waals surface area contributed by atoms with Gasteiger partial charge >= 0.3 is 0 Å². The minimum atomic E-state index is -0.883. The minimum absolute atomic E-state index is 0.0382. The molecule has 1 amide bonds. The molecule has 1 aliphatic rings. The molecule has 0 aliphatic carbocycles. The van der Waals surface area contributed by atoms with Gasteiger partial charge in [-0.1, -0.05) is 0 Å². The van der Waals surface area contributed by atoms with Gasteiger partial charge in [0.15, 0.2) is 11.6 Å². The van der Waals surface area contributed by atoms with Crippen molar-refractivity contribution in [2.75, 3.05) is 26.2 Å². The maximum atomic E-state index is 13.1. The summed E-state index contributed by atoms with van der Waals surface area (Å²) < 4.78 is 25.9. The van der Waals surface area contributed by atoms with Crippen molar-refractivity contribution in [3.8, 4) is 0 Å². The normalized spacial score (nSPS) is 17.3. The summed E-state index contributed by atoms with van der Waals surface area (Å²) in [6.45, 7) is 4.78. The van der Waals surface area contributed by atoms with E-state index in [2.05, 4.69) is 5.32 Å². The summed E-state index contributed by atoms with van der Waals surface area (Å²) in [5, 5.41) is 2.88. The lowest BCUT2D eigenvalue weighted by Gasteiger charge is -2.29. The molecule has 0 aromatic heterocycles. The summed E-state index contributed by atoms with van der Waals surface area (Å²) >= 11 is 1.25. The SMILES string of the molecule is CC(Sc1ccc(F)c(F)c1)C(=O)N1CCNCC1. The summed E-state index contributed by atoms with van der Waals surface area (Å²) in [5.74, 6) is -1.71. The maximum Gasteiger partial charge on any atom is 0.235 e. The van der Waals surface area contributed by atoms with Crippen LogP contribution in [0.4, 0.5) is 8.78 Å². The van der Waals surface area contributed by atoms with E-state index in [1.165, 1.54) is 17.8 Å². The van der Waals surface area contributed by atoms with Gasteiger partial charge in [-0.15, -0.1) is 11.8 Å². The fourth-order valence-electron chi connectivity index (χ4n) is 1.95. The molecule has 1 unspecified atom stereocenters. The second kappa shape index (κ2) is 6.34. The maximum absolute atomic E-state index is 13.1. The van der Waals surface area contributed by atoms with Crippen LogP contribution in [0.15, 0.2) is 23.1 Å². The third kappa shape index (κ3) is 3.67. The number of carbonyl (C=O) groups excluding carboxylic acids is 1. The second-order valence-corrected chi connectivity index (χ2v) is 5.83. The highest BCUT2D eigenvalue weighted by molar-refractivity contribution is 8.00. The predicted octanol–water partition coefficient (Wildman–Crippen LogP) is 1.88. The number of hydrogen-bond acceptors (Lipinski definition) is 3. The van der Waals surface area contributed by atoms with E-state index >= 15 is 0 Å². The molecule has 1 heterocycles. The minimum Gasteiger partial charge on any atom is -0.339 e. The molecule has 1 N–H and O–H groups in total. The van der Waals surface area contributed by atoms with Crippen LogP contribution in [0.25, 0.3) is 0 Å². The van der Waals surface area contributed by atoms with Crippen LogP contribution in [0.1, 0.15) is 6.92 Å². The van der Waals surface area contributed by atoms with Crippen LogP contribution in [0, 0.1) is 11.6 Å². The number of carbonyl (C=O) groups is 1. The van der Waals surface area contributed by atoms with E-state index in [1.54, 1.807) is 11.8 Å². The molecule has 6 heteroatoms. The highest BCUT2D eigenvalue weighted by Crippen LogP contribution is 2.26. The lowest BCUT2D eigenvalue weighted by Crippen LogP contribution is -2.48. The number of piperazine rings is 1. The first kappa shape index (κ1) is 14.3. The van der Waals surface area contributed by atoms with Crippen LogP contribution in [0.3, 0.4) is 0 Å². The molecule has 1 atom stereocenters. The Kier molecular flexibility index (Phi) is 4.76. The molecule has 1 aromatic carbocycles. The predicted molar refractivity (Wildman–Crippen MR) is 71.1 cm³/mol. The van der Waals surface area contributed by atoms with E-state index < -0.39 is 11.6 Å². The topological polar surface area (TPSA) is 32.3 Å². The van der Waals surface area contributed by atoms with Gasteiger partial charge in [0.2, 0.25) is 5.91 Å². The van der Waals surface area contributed by atoms with E-state index in [1.807, 2.05) is 0 Å². The van der Waals surface area contributed by atoms with Crippen molar-refractivity contribution < 1.29 is 13.6 Å². The molecular weight excluding hydrogens is 270 g/mol. The van der Waals surface area contributed by atoms with Gasteiger partial charge in [0.1, 0.15) is 0 Å². The molecule has 3 nitrogen and oxygen atoms in total. The molecule has 0 radical (unpaired) electrons. The summed E-state index contributed by atoms with van der Waals surface area (Å²) in [4.78, 5) is 14.5. The fraction of sp³-hybridized carbons (Fsp3) is 0.462. The third-order valence-electron chi connectivity index (χ3n) is 2.98. The van der Waals surface area contributed by atoms with E-state index in [4.69, 9.17) is 0 Å². The lowest BCUT2D eigenvalue weighted by atomic mass is 10.3. The van der Waals surface area contributed by atoms with Gasteiger partial charge in [-0.3, -0.25) is 4.79 Å². The molecule has 19 heavy (non-hydrogen) atoms. The largest absolute Gasteiger partial charge is 0.339 e. The number of nitrogens with zero attached hydrogens (tertiary/aromatic N) is 1. The summed E-state index contributed by atoms with van der Waals surface area (Å²) in [6.07, 6.45) is 0. The summed E-state index contributed by atoms with van der Waals surface area (Å²) in [5.41, 5.74) is 0. The van der Waals surface area contributed by atoms with E-state index in [0.29, 0.717) is 18.0 Å². The van der Waals surface area contributed by atoms with E-state index in [0.717, 1.165) is 25.2 Å². The molecule has 2 rings (SSSR count). The Hall–Kier alpha value is -1.14. The molecular formula is C13H16F2N2OS. The zero-order chi connectivity index (χ0) is 13.8. The van der Waals surface area contributed by atoms with Crippen molar-refractivity contribution >= 4 is 17.7 Å². The standard InChI is InChI=1S/C13H16F2N2OS/c1-9(13(18)17-6-4-16-5-7-17)19-10-2-3-11(14)12(15)8-10/h2-3,8-9,16H,4-7H2,1H3.